The average Bonchev–Trinajstić information content (AvgIpc) is 3.27. The maximum atomic E-state index is 12.0. The van der Waals surface area contributed by atoms with E-state index in [0.29, 0.717) is 36.8 Å². The highest BCUT2D eigenvalue weighted by Crippen LogP contribution is 2.42. The molecular formula is C23H34N4O3. The quantitative estimate of drug-likeness (QED) is 0.679. The second kappa shape index (κ2) is 9.41. The summed E-state index contributed by atoms with van der Waals surface area (Å²) in [6.45, 7) is 4.77. The number of piperidine rings is 3. The predicted molar refractivity (Wildman–Crippen MR) is 113 cm³/mol. The lowest BCUT2D eigenvalue weighted by Gasteiger charge is -2.49. The number of aryl methyl sites for hydroxylation is 1. The molecule has 1 aliphatic carbocycles. The summed E-state index contributed by atoms with van der Waals surface area (Å²) in [5.41, 5.74) is 2.46. The fourth-order valence-corrected chi connectivity index (χ4v) is 5.64. The van der Waals surface area contributed by atoms with E-state index in [2.05, 4.69) is 16.3 Å². The molecule has 0 spiro atoms. The minimum absolute atomic E-state index is 0.0388. The first-order chi connectivity index (χ1) is 14.5. The van der Waals surface area contributed by atoms with Crippen LogP contribution in [0.25, 0.3) is 0 Å². The topological polar surface area (TPSA) is 95.4 Å². The molecule has 2 N–H and O–H groups in total. The summed E-state index contributed by atoms with van der Waals surface area (Å²) in [5, 5.41) is 11.7. The van der Waals surface area contributed by atoms with Crippen LogP contribution in [0.1, 0.15) is 86.8 Å². The minimum atomic E-state index is -0.847. The molecule has 7 nitrogen and oxygen atoms in total. The largest absolute Gasteiger partial charge is 0.481 e. The normalized spacial score (nSPS) is 28.6. The number of carboxylic acid groups (broad SMARTS) is 1. The van der Waals surface area contributed by atoms with E-state index in [4.69, 9.17) is 15.1 Å². The maximum Gasteiger partial charge on any atom is 0.303 e. The van der Waals surface area contributed by atoms with Crippen LogP contribution in [0.2, 0.25) is 0 Å². The van der Waals surface area contributed by atoms with Crippen LogP contribution in [0.15, 0.2) is 6.07 Å². The standard InChI is InChI=1S/C23H34N4O3/c1-15-25-20(16-5-2-3-6-16)12-21(26-15)19-14-27-10-9-17(19)11-18(27)13-24-22(28)7-4-8-23(29)30/h12,16-19H,2-11,13-14H2,1H3,(H,24,28)(H,29,30). The molecule has 1 aromatic heterocycles. The zero-order valence-corrected chi connectivity index (χ0v) is 18.0. The van der Waals surface area contributed by atoms with E-state index in [1.54, 1.807) is 0 Å². The molecule has 4 atom stereocenters. The van der Waals surface area contributed by atoms with Crippen molar-refractivity contribution in [2.45, 2.75) is 82.6 Å². The lowest BCUT2D eigenvalue weighted by molar-refractivity contribution is -0.137. The predicted octanol–water partition coefficient (Wildman–Crippen LogP) is 2.99. The Bertz CT molecular complexity index is 778. The van der Waals surface area contributed by atoms with Crippen molar-refractivity contribution in [3.05, 3.63) is 23.3 Å². The number of rotatable bonds is 8. The van der Waals surface area contributed by atoms with Crippen LogP contribution < -0.4 is 5.32 Å². The Balaban J connectivity index is 1.34. The van der Waals surface area contributed by atoms with Gasteiger partial charge in [-0.1, -0.05) is 12.8 Å². The van der Waals surface area contributed by atoms with Gasteiger partial charge in [-0.15, -0.1) is 0 Å². The molecule has 30 heavy (non-hydrogen) atoms. The molecule has 0 radical (unpaired) electrons. The van der Waals surface area contributed by atoms with E-state index in [-0.39, 0.29) is 18.7 Å². The molecule has 1 saturated carbocycles. The molecule has 5 rings (SSSR count). The first kappa shape index (κ1) is 21.2. The number of nitrogens with zero attached hydrogens (tertiary/aromatic N) is 3. The number of amides is 1. The van der Waals surface area contributed by atoms with Gasteiger partial charge in [-0.05, 0) is 57.6 Å². The van der Waals surface area contributed by atoms with Gasteiger partial charge in [0.15, 0.2) is 0 Å². The van der Waals surface area contributed by atoms with Crippen molar-refractivity contribution in [2.24, 2.45) is 5.92 Å². The van der Waals surface area contributed by atoms with Crippen LogP contribution in [0.4, 0.5) is 0 Å². The van der Waals surface area contributed by atoms with Crippen molar-refractivity contribution in [2.75, 3.05) is 19.6 Å². The maximum absolute atomic E-state index is 12.0. The summed E-state index contributed by atoms with van der Waals surface area (Å²) in [5.74, 6) is 1.69. The summed E-state index contributed by atoms with van der Waals surface area (Å²) in [6.07, 6.45) is 8.14. The van der Waals surface area contributed by atoms with Gasteiger partial charge in [0.2, 0.25) is 5.91 Å². The minimum Gasteiger partial charge on any atom is -0.481 e. The lowest BCUT2D eigenvalue weighted by atomic mass is 9.74. The fraction of sp³-hybridized carbons (Fsp3) is 0.739. The summed E-state index contributed by atoms with van der Waals surface area (Å²) in [4.78, 5) is 34.7. The Kier molecular flexibility index (Phi) is 6.66. The third-order valence-corrected chi connectivity index (χ3v) is 7.24. The van der Waals surface area contributed by atoms with E-state index in [1.807, 2.05) is 6.92 Å². The molecule has 0 aromatic carbocycles. The van der Waals surface area contributed by atoms with Crippen LogP contribution in [-0.4, -0.2) is 57.5 Å². The van der Waals surface area contributed by atoms with Crippen molar-refractivity contribution >= 4 is 11.9 Å². The Morgan fingerprint density at radius 2 is 1.93 bits per heavy atom. The van der Waals surface area contributed by atoms with E-state index in [9.17, 15) is 9.59 Å². The molecule has 164 valence electrons. The molecule has 1 aromatic rings. The summed E-state index contributed by atoms with van der Waals surface area (Å²) < 4.78 is 0. The van der Waals surface area contributed by atoms with Crippen LogP contribution in [-0.2, 0) is 9.59 Å². The van der Waals surface area contributed by atoms with Crippen LogP contribution in [0, 0.1) is 12.8 Å². The lowest BCUT2D eigenvalue weighted by Crippen LogP contribution is -2.56. The van der Waals surface area contributed by atoms with E-state index >= 15 is 0 Å². The zero-order chi connectivity index (χ0) is 21.1. The van der Waals surface area contributed by atoms with Gasteiger partial charge in [0.25, 0.3) is 0 Å². The second-order valence-corrected chi connectivity index (χ2v) is 9.34. The van der Waals surface area contributed by atoms with Crippen molar-refractivity contribution in [1.82, 2.24) is 20.2 Å². The highest BCUT2D eigenvalue weighted by Gasteiger charge is 2.41. The molecule has 4 unspecified atom stereocenters. The highest BCUT2D eigenvalue weighted by atomic mass is 16.4. The number of fused-ring (bicyclic) bond motifs is 3. The first-order valence-corrected chi connectivity index (χ1v) is 11.6. The van der Waals surface area contributed by atoms with Crippen LogP contribution >= 0.6 is 0 Å². The molecular weight excluding hydrogens is 380 g/mol. The third kappa shape index (κ3) is 4.99. The molecule has 7 heteroatoms. The Hall–Kier alpha value is -2.02. The number of carboxylic acids is 1. The van der Waals surface area contributed by atoms with Crippen molar-refractivity contribution in [3.8, 4) is 0 Å². The number of hydrogen-bond acceptors (Lipinski definition) is 5. The molecule has 4 heterocycles. The average molecular weight is 415 g/mol. The molecule has 4 aliphatic rings. The Labute approximate surface area is 178 Å². The summed E-state index contributed by atoms with van der Waals surface area (Å²) in [7, 11) is 0. The van der Waals surface area contributed by atoms with Gasteiger partial charge in [0.05, 0.1) is 0 Å². The molecule has 4 fully saturated rings. The molecule has 3 saturated heterocycles. The summed E-state index contributed by atoms with van der Waals surface area (Å²) >= 11 is 0. The Morgan fingerprint density at radius 3 is 2.63 bits per heavy atom. The zero-order valence-electron chi connectivity index (χ0n) is 18.0. The van der Waals surface area contributed by atoms with Crippen LogP contribution in [0.3, 0.4) is 0 Å². The van der Waals surface area contributed by atoms with Gasteiger partial charge in [0, 0.05) is 55.2 Å². The van der Waals surface area contributed by atoms with E-state index in [1.165, 1.54) is 43.5 Å². The van der Waals surface area contributed by atoms with Crippen molar-refractivity contribution in [3.63, 3.8) is 0 Å². The van der Waals surface area contributed by atoms with Crippen molar-refractivity contribution in [1.29, 1.82) is 0 Å². The van der Waals surface area contributed by atoms with Gasteiger partial charge < -0.3 is 10.4 Å². The third-order valence-electron chi connectivity index (χ3n) is 7.24. The van der Waals surface area contributed by atoms with Crippen LogP contribution in [0.5, 0.6) is 0 Å². The van der Waals surface area contributed by atoms with Gasteiger partial charge >= 0.3 is 5.97 Å². The van der Waals surface area contributed by atoms with Gasteiger partial charge in [-0.25, -0.2) is 9.97 Å². The van der Waals surface area contributed by atoms with Gasteiger partial charge in [-0.2, -0.15) is 0 Å². The number of aromatic nitrogens is 2. The number of hydrogen-bond donors (Lipinski definition) is 2. The monoisotopic (exact) mass is 414 g/mol. The fourth-order valence-electron chi connectivity index (χ4n) is 5.64. The van der Waals surface area contributed by atoms with E-state index < -0.39 is 5.97 Å². The molecule has 3 aliphatic heterocycles. The number of carbonyl (C=O) groups is 2. The van der Waals surface area contributed by atoms with Gasteiger partial charge in [0.1, 0.15) is 5.82 Å². The smallest absolute Gasteiger partial charge is 0.303 e. The number of aliphatic carboxylic acids is 1. The Morgan fingerprint density at radius 1 is 1.17 bits per heavy atom. The van der Waals surface area contributed by atoms with Gasteiger partial charge in [-0.3, -0.25) is 14.5 Å². The highest BCUT2D eigenvalue weighted by molar-refractivity contribution is 5.76. The second-order valence-electron chi connectivity index (χ2n) is 9.34. The number of nitrogens with one attached hydrogen (secondary N) is 1. The first-order valence-electron chi connectivity index (χ1n) is 11.6. The van der Waals surface area contributed by atoms with E-state index in [0.717, 1.165) is 25.3 Å². The number of carbonyl (C=O) groups excluding carboxylic acids is 1. The summed E-state index contributed by atoms with van der Waals surface area (Å²) in [6, 6.07) is 2.66. The molecule has 2 bridgehead atoms. The molecule has 1 amide bonds. The van der Waals surface area contributed by atoms with Crippen molar-refractivity contribution < 1.29 is 14.7 Å². The SMILES string of the molecule is Cc1nc(C2CCCC2)cc(C2CN3CCC2CC3CNC(=O)CCCC(=O)O)n1.